The summed E-state index contributed by atoms with van der Waals surface area (Å²) < 4.78 is 0. The summed E-state index contributed by atoms with van der Waals surface area (Å²) >= 11 is 0. The zero-order valence-electron chi connectivity index (χ0n) is 16.1. The van der Waals surface area contributed by atoms with Gasteiger partial charge in [0.1, 0.15) is 6.23 Å². The lowest BCUT2D eigenvalue weighted by atomic mass is 9.85. The molecule has 3 N–H and O–H groups in total. The monoisotopic (exact) mass is 380 g/mol. The van der Waals surface area contributed by atoms with E-state index in [1.54, 1.807) is 0 Å². The third-order valence-corrected chi connectivity index (χ3v) is 6.01. The van der Waals surface area contributed by atoms with Crippen molar-refractivity contribution in [2.45, 2.75) is 50.4 Å². The fourth-order valence-electron chi connectivity index (χ4n) is 4.31. The van der Waals surface area contributed by atoms with Gasteiger partial charge in [0, 0.05) is 25.2 Å². The maximum Gasteiger partial charge on any atom is 0.228 e. The van der Waals surface area contributed by atoms with Crippen molar-refractivity contribution in [3.8, 4) is 0 Å². The number of anilines is 1. The number of aliphatic hydroxyl groups is 2. The molecule has 4 rings (SSSR count). The summed E-state index contributed by atoms with van der Waals surface area (Å²) in [5.41, 5.74) is 3.57. The van der Waals surface area contributed by atoms with Gasteiger partial charge < -0.3 is 15.5 Å². The number of hydrogen-bond donors (Lipinski definition) is 3. The second-order valence-corrected chi connectivity index (χ2v) is 8.16. The molecule has 5 heteroatoms. The standard InChI is InChI=1S/C23H28N2O3/c26-21-15-19-14-17(6-8-20(19)24-21)7-9-22(27)25-12-10-23(28,11-13-25)16-18-4-2-1-3-5-18/h1-6,8,14,22,27-28H,7,9-13,15-16H2,(H,24,26). The van der Waals surface area contributed by atoms with E-state index in [-0.39, 0.29) is 5.91 Å². The Morgan fingerprint density at radius 1 is 1.07 bits per heavy atom. The fourth-order valence-corrected chi connectivity index (χ4v) is 4.31. The summed E-state index contributed by atoms with van der Waals surface area (Å²) in [6, 6.07) is 16.1. The number of likely N-dealkylation sites (tertiary alicyclic amines) is 1. The van der Waals surface area contributed by atoms with E-state index in [2.05, 4.69) is 28.4 Å². The van der Waals surface area contributed by atoms with Crippen LogP contribution in [0.25, 0.3) is 0 Å². The van der Waals surface area contributed by atoms with E-state index in [0.29, 0.717) is 45.2 Å². The second kappa shape index (κ2) is 8.03. The van der Waals surface area contributed by atoms with E-state index in [4.69, 9.17) is 0 Å². The highest BCUT2D eigenvalue weighted by Crippen LogP contribution is 2.28. The molecule has 0 radical (unpaired) electrons. The molecule has 0 aromatic heterocycles. The first-order chi connectivity index (χ1) is 13.5. The average Bonchev–Trinajstić information content (AvgIpc) is 3.06. The van der Waals surface area contributed by atoms with Gasteiger partial charge >= 0.3 is 0 Å². The van der Waals surface area contributed by atoms with Gasteiger partial charge in [-0.1, -0.05) is 42.5 Å². The van der Waals surface area contributed by atoms with Gasteiger partial charge in [0.05, 0.1) is 12.0 Å². The van der Waals surface area contributed by atoms with Crippen LogP contribution < -0.4 is 5.32 Å². The largest absolute Gasteiger partial charge is 0.389 e. The van der Waals surface area contributed by atoms with E-state index in [1.165, 1.54) is 0 Å². The smallest absolute Gasteiger partial charge is 0.228 e. The van der Waals surface area contributed by atoms with Gasteiger partial charge in [0.15, 0.2) is 0 Å². The van der Waals surface area contributed by atoms with Gasteiger partial charge in [-0.3, -0.25) is 9.69 Å². The first-order valence-electron chi connectivity index (χ1n) is 10.1. The van der Waals surface area contributed by atoms with Crippen LogP contribution in [0, 0.1) is 0 Å². The molecule has 1 amide bonds. The summed E-state index contributed by atoms with van der Waals surface area (Å²) in [6.45, 7) is 1.40. The van der Waals surface area contributed by atoms with E-state index >= 15 is 0 Å². The highest BCUT2D eigenvalue weighted by atomic mass is 16.3. The summed E-state index contributed by atoms with van der Waals surface area (Å²) in [6.07, 6.45) is 3.37. The molecule has 0 saturated carbocycles. The molecule has 5 nitrogen and oxygen atoms in total. The number of aliphatic hydroxyl groups excluding tert-OH is 1. The van der Waals surface area contributed by atoms with E-state index < -0.39 is 11.8 Å². The Hall–Kier alpha value is -2.21. The predicted molar refractivity (Wildman–Crippen MR) is 109 cm³/mol. The van der Waals surface area contributed by atoms with E-state index in [0.717, 1.165) is 28.8 Å². The number of nitrogens with one attached hydrogen (secondary N) is 1. The number of fused-ring (bicyclic) bond motifs is 1. The van der Waals surface area contributed by atoms with Crippen LogP contribution in [-0.2, 0) is 24.1 Å². The van der Waals surface area contributed by atoms with Gasteiger partial charge in [-0.15, -0.1) is 0 Å². The molecule has 1 fully saturated rings. The topological polar surface area (TPSA) is 72.8 Å². The normalized spacial score (nSPS) is 19.9. The molecule has 0 aliphatic carbocycles. The van der Waals surface area contributed by atoms with Crippen molar-refractivity contribution in [2.75, 3.05) is 18.4 Å². The van der Waals surface area contributed by atoms with Crippen LogP contribution in [0.15, 0.2) is 48.5 Å². The molecule has 1 unspecified atom stereocenters. The van der Waals surface area contributed by atoms with Gasteiger partial charge in [-0.25, -0.2) is 0 Å². The second-order valence-electron chi connectivity index (χ2n) is 8.16. The lowest BCUT2D eigenvalue weighted by molar-refractivity contribution is -0.115. The third kappa shape index (κ3) is 4.43. The molecule has 2 heterocycles. The maximum absolute atomic E-state index is 11.5. The number of hydrogen-bond acceptors (Lipinski definition) is 4. The molecule has 148 valence electrons. The highest BCUT2D eigenvalue weighted by Gasteiger charge is 2.34. The zero-order chi connectivity index (χ0) is 19.6. The van der Waals surface area contributed by atoms with Crippen molar-refractivity contribution >= 4 is 11.6 Å². The van der Waals surface area contributed by atoms with Gasteiger partial charge in [-0.05, 0) is 48.4 Å². The molecular formula is C23H28N2O3. The lowest BCUT2D eigenvalue weighted by Crippen LogP contribution is -2.49. The van der Waals surface area contributed by atoms with Crippen LogP contribution >= 0.6 is 0 Å². The van der Waals surface area contributed by atoms with Gasteiger partial charge in [0.25, 0.3) is 0 Å². The van der Waals surface area contributed by atoms with E-state index in [1.807, 2.05) is 30.3 Å². The predicted octanol–water partition coefficient (Wildman–Crippen LogP) is 2.50. The molecule has 2 aromatic carbocycles. The van der Waals surface area contributed by atoms with Crippen molar-refractivity contribution in [3.05, 3.63) is 65.2 Å². The Morgan fingerprint density at radius 3 is 2.57 bits per heavy atom. The van der Waals surface area contributed by atoms with Crippen molar-refractivity contribution in [1.82, 2.24) is 4.90 Å². The quantitative estimate of drug-likeness (QED) is 0.720. The van der Waals surface area contributed by atoms with Crippen LogP contribution in [0.3, 0.4) is 0 Å². The summed E-state index contributed by atoms with van der Waals surface area (Å²) in [5.74, 6) is 0.0449. The van der Waals surface area contributed by atoms with Crippen LogP contribution in [0.1, 0.15) is 36.0 Å². The van der Waals surface area contributed by atoms with Crippen molar-refractivity contribution in [1.29, 1.82) is 0 Å². The molecule has 0 bridgehead atoms. The van der Waals surface area contributed by atoms with Crippen molar-refractivity contribution in [3.63, 3.8) is 0 Å². The highest BCUT2D eigenvalue weighted by molar-refractivity contribution is 5.99. The average molecular weight is 380 g/mol. The van der Waals surface area contributed by atoms with Crippen LogP contribution in [0.2, 0.25) is 0 Å². The summed E-state index contributed by atoms with van der Waals surface area (Å²) in [4.78, 5) is 13.5. The molecule has 1 atom stereocenters. The number of rotatable bonds is 6. The third-order valence-electron chi connectivity index (χ3n) is 6.01. The molecule has 2 aliphatic heterocycles. The van der Waals surface area contributed by atoms with Gasteiger partial charge in [0.2, 0.25) is 5.91 Å². The SMILES string of the molecule is O=C1Cc2cc(CCC(O)N3CCC(O)(Cc4ccccc4)CC3)ccc2N1. The number of carbonyl (C=O) groups is 1. The molecule has 28 heavy (non-hydrogen) atoms. The minimum absolute atomic E-state index is 0.0449. The Balaban J connectivity index is 1.27. The Labute approximate surface area is 166 Å². The Bertz CT molecular complexity index is 829. The first kappa shape index (κ1) is 19.1. The molecular weight excluding hydrogens is 352 g/mol. The number of benzene rings is 2. The zero-order valence-corrected chi connectivity index (χ0v) is 16.1. The number of carbonyl (C=O) groups excluding carboxylic acids is 1. The number of nitrogens with zero attached hydrogens (tertiary/aromatic N) is 1. The molecule has 0 spiro atoms. The van der Waals surface area contributed by atoms with Crippen LogP contribution in [0.5, 0.6) is 0 Å². The number of aryl methyl sites for hydroxylation is 1. The molecule has 2 aromatic rings. The number of amides is 1. The number of piperidine rings is 1. The lowest BCUT2D eigenvalue weighted by Gasteiger charge is -2.40. The minimum atomic E-state index is -0.683. The molecule has 1 saturated heterocycles. The summed E-state index contributed by atoms with van der Waals surface area (Å²) in [7, 11) is 0. The van der Waals surface area contributed by atoms with Crippen molar-refractivity contribution in [2.24, 2.45) is 0 Å². The van der Waals surface area contributed by atoms with E-state index in [9.17, 15) is 15.0 Å². The van der Waals surface area contributed by atoms with Gasteiger partial charge in [-0.2, -0.15) is 0 Å². The van der Waals surface area contributed by atoms with Crippen LogP contribution in [-0.4, -0.2) is 45.9 Å². The summed E-state index contributed by atoms with van der Waals surface area (Å²) in [5, 5.41) is 24.4. The molecule has 2 aliphatic rings. The maximum atomic E-state index is 11.5. The Morgan fingerprint density at radius 2 is 1.82 bits per heavy atom. The van der Waals surface area contributed by atoms with Crippen molar-refractivity contribution < 1.29 is 15.0 Å². The fraction of sp³-hybridized carbons (Fsp3) is 0.435. The minimum Gasteiger partial charge on any atom is -0.389 e. The van der Waals surface area contributed by atoms with Crippen LogP contribution in [0.4, 0.5) is 5.69 Å². The first-order valence-corrected chi connectivity index (χ1v) is 10.1. The Kier molecular flexibility index (Phi) is 5.49.